The summed E-state index contributed by atoms with van der Waals surface area (Å²) in [5.41, 5.74) is -0.813. The monoisotopic (exact) mass is 490 g/mol. The summed E-state index contributed by atoms with van der Waals surface area (Å²) in [5.74, 6) is -1.11. The van der Waals surface area contributed by atoms with Gasteiger partial charge in [-0.25, -0.2) is 4.79 Å². The second-order valence-electron chi connectivity index (χ2n) is 11.7. The van der Waals surface area contributed by atoms with Crippen LogP contribution in [0.15, 0.2) is 0 Å². The predicted octanol–water partition coefficient (Wildman–Crippen LogP) is 2.38. The molecule has 9 nitrogen and oxygen atoms in total. The lowest BCUT2D eigenvalue weighted by Gasteiger charge is -2.66. The maximum absolute atomic E-state index is 12.6. The molecule has 1 saturated carbocycles. The highest BCUT2D eigenvalue weighted by molar-refractivity contribution is 5.98. The molecule has 4 aliphatic heterocycles. The molecule has 1 aromatic rings. The van der Waals surface area contributed by atoms with E-state index in [2.05, 4.69) is 0 Å². The summed E-state index contributed by atoms with van der Waals surface area (Å²) in [7, 11) is 2.99. The number of fused-ring (bicyclic) bond motifs is 5. The first-order valence-electron chi connectivity index (χ1n) is 12.2. The number of carbonyl (C=O) groups excluding carboxylic acids is 1. The Morgan fingerprint density at radius 3 is 2.37 bits per heavy atom. The third kappa shape index (κ3) is 2.44. The summed E-state index contributed by atoms with van der Waals surface area (Å²) < 4.78 is 36.3. The summed E-state index contributed by atoms with van der Waals surface area (Å²) in [6.07, 6.45) is -0.954. The number of cyclic esters (lactones) is 1. The number of methoxy groups -OCH3 is 2. The lowest BCUT2D eigenvalue weighted by molar-refractivity contribution is -0.423. The van der Waals surface area contributed by atoms with Crippen LogP contribution < -0.4 is 9.47 Å². The van der Waals surface area contributed by atoms with Gasteiger partial charge in [0, 0.05) is 36.0 Å². The first-order valence-corrected chi connectivity index (χ1v) is 12.2. The first kappa shape index (κ1) is 23.5. The van der Waals surface area contributed by atoms with Crippen molar-refractivity contribution >= 4 is 5.97 Å². The molecule has 0 amide bonds. The number of hydrogen-bond donors (Lipinski definition) is 2. The molecule has 5 aliphatic rings. The Morgan fingerprint density at radius 2 is 1.71 bits per heavy atom. The van der Waals surface area contributed by atoms with Crippen molar-refractivity contribution in [3.63, 3.8) is 0 Å². The molecule has 9 heteroatoms. The predicted molar refractivity (Wildman–Crippen MR) is 121 cm³/mol. The fourth-order valence-corrected chi connectivity index (χ4v) is 8.32. The molecule has 35 heavy (non-hydrogen) atoms. The molecule has 1 aliphatic carbocycles. The van der Waals surface area contributed by atoms with Gasteiger partial charge in [0.25, 0.3) is 0 Å². The first-order chi connectivity index (χ1) is 16.3. The summed E-state index contributed by atoms with van der Waals surface area (Å²) in [6.45, 7) is 9.91. The Morgan fingerprint density at radius 1 is 1.00 bits per heavy atom. The van der Waals surface area contributed by atoms with Crippen molar-refractivity contribution in [2.75, 3.05) is 14.2 Å². The zero-order valence-electron chi connectivity index (χ0n) is 21.3. The molecule has 0 radical (unpaired) electrons. The van der Waals surface area contributed by atoms with Gasteiger partial charge in [-0.1, -0.05) is 6.92 Å². The number of carbonyl (C=O) groups is 1. The maximum atomic E-state index is 12.6. The van der Waals surface area contributed by atoms with Crippen LogP contribution in [0.25, 0.3) is 0 Å². The van der Waals surface area contributed by atoms with Crippen molar-refractivity contribution in [3.05, 3.63) is 22.3 Å². The van der Waals surface area contributed by atoms with Crippen LogP contribution in [0.5, 0.6) is 11.5 Å². The second-order valence-corrected chi connectivity index (χ2v) is 11.7. The lowest BCUT2D eigenvalue weighted by Crippen LogP contribution is -2.78. The molecular weight excluding hydrogens is 456 g/mol. The minimum Gasteiger partial charge on any atom is -0.495 e. The fraction of sp³-hybridized carbons (Fsp3) is 0.731. The highest BCUT2D eigenvalue weighted by atomic mass is 16.9. The zero-order chi connectivity index (χ0) is 25.3. The molecule has 2 N–H and O–H groups in total. The average Bonchev–Trinajstić information content (AvgIpc) is 3.27. The molecule has 1 aromatic carbocycles. The molecule has 4 heterocycles. The molecule has 0 aromatic heterocycles. The van der Waals surface area contributed by atoms with Gasteiger partial charge in [-0.05, 0) is 46.1 Å². The molecule has 0 unspecified atom stereocenters. The third-order valence-corrected chi connectivity index (χ3v) is 9.70. The van der Waals surface area contributed by atoms with Crippen LogP contribution in [0.3, 0.4) is 0 Å². The zero-order valence-corrected chi connectivity index (χ0v) is 21.3. The van der Waals surface area contributed by atoms with E-state index in [0.29, 0.717) is 29.9 Å². The van der Waals surface area contributed by atoms with Gasteiger partial charge in [0.1, 0.15) is 46.6 Å². The number of benzene rings is 1. The molecule has 3 fully saturated rings. The molecule has 2 saturated heterocycles. The Kier molecular flexibility index (Phi) is 4.49. The summed E-state index contributed by atoms with van der Waals surface area (Å²) >= 11 is 0. The Hall–Kier alpha value is -1.91. The van der Waals surface area contributed by atoms with E-state index in [-0.39, 0.29) is 18.9 Å². The van der Waals surface area contributed by atoms with Gasteiger partial charge >= 0.3 is 11.9 Å². The van der Waals surface area contributed by atoms with Crippen molar-refractivity contribution in [2.45, 2.75) is 95.5 Å². The Labute approximate surface area is 204 Å². The number of rotatable bonds is 2. The van der Waals surface area contributed by atoms with Crippen LogP contribution in [0.1, 0.15) is 67.6 Å². The van der Waals surface area contributed by atoms with E-state index < -0.39 is 46.4 Å². The van der Waals surface area contributed by atoms with Crippen LogP contribution in [0.2, 0.25) is 0 Å². The van der Waals surface area contributed by atoms with Crippen LogP contribution in [-0.2, 0) is 32.0 Å². The van der Waals surface area contributed by atoms with Crippen LogP contribution in [0, 0.1) is 18.3 Å². The number of aliphatic hydroxyl groups is 2. The van der Waals surface area contributed by atoms with E-state index in [9.17, 15) is 15.0 Å². The standard InChI is InChI=1S/C26H34O9/c1-12-14-11-32-21(29)18(14)20(30-6)13-8-15-23(4)9-17(28)26(31-7)34-22(2,3)25(23,35-26)16(27)10-24(15,5)33-19(12)13/h15-17,27-28H,8-11H2,1-7H3/t15-,16-,17+,23+,24-,25-,26+/m1/s1. The van der Waals surface area contributed by atoms with Gasteiger partial charge in [-0.15, -0.1) is 0 Å². The number of hydrogen-bond acceptors (Lipinski definition) is 9. The minimum atomic E-state index is -1.65. The lowest BCUT2D eigenvalue weighted by atomic mass is 9.45. The molecule has 1 spiro atoms. The smallest absolute Gasteiger partial charge is 0.342 e. The molecule has 6 rings (SSSR count). The van der Waals surface area contributed by atoms with Crippen molar-refractivity contribution in [2.24, 2.45) is 11.3 Å². The largest absolute Gasteiger partial charge is 0.495 e. The van der Waals surface area contributed by atoms with Gasteiger partial charge < -0.3 is 38.6 Å². The summed E-state index contributed by atoms with van der Waals surface area (Å²) in [6, 6.07) is 0. The van der Waals surface area contributed by atoms with Gasteiger partial charge in [0.2, 0.25) is 0 Å². The van der Waals surface area contributed by atoms with E-state index in [0.717, 1.165) is 16.7 Å². The fourth-order valence-electron chi connectivity index (χ4n) is 8.32. The quantitative estimate of drug-likeness (QED) is 0.603. The number of aliphatic hydroxyl groups excluding tert-OH is 2. The maximum Gasteiger partial charge on any atom is 0.342 e. The van der Waals surface area contributed by atoms with Crippen LogP contribution in [-0.4, -0.2) is 65.4 Å². The SMILES string of the molecule is COc1c2c(c(C)c3c1C(=O)OC3)O[C@]1(C)C[C@@H](O)[C@@]34O[C@@](OC)(OC3(C)C)[C@@H](O)C[C@@]4(C)[C@H]1C2. The van der Waals surface area contributed by atoms with Crippen LogP contribution >= 0.6 is 0 Å². The van der Waals surface area contributed by atoms with Gasteiger partial charge in [-0.2, -0.15) is 0 Å². The Balaban J connectivity index is 1.57. The van der Waals surface area contributed by atoms with Crippen LogP contribution in [0.4, 0.5) is 0 Å². The average molecular weight is 491 g/mol. The number of ether oxygens (including phenoxy) is 6. The molecule has 2 bridgehead atoms. The van der Waals surface area contributed by atoms with E-state index in [1.54, 1.807) is 7.11 Å². The van der Waals surface area contributed by atoms with Gasteiger partial charge in [0.05, 0.1) is 13.2 Å². The second kappa shape index (κ2) is 6.69. The summed E-state index contributed by atoms with van der Waals surface area (Å²) in [4.78, 5) is 12.6. The highest BCUT2D eigenvalue weighted by Crippen LogP contribution is 2.70. The third-order valence-electron chi connectivity index (χ3n) is 9.70. The van der Waals surface area contributed by atoms with Crippen molar-refractivity contribution in [3.8, 4) is 11.5 Å². The van der Waals surface area contributed by atoms with Gasteiger partial charge in [-0.3, -0.25) is 0 Å². The van der Waals surface area contributed by atoms with E-state index in [1.165, 1.54) is 7.11 Å². The Bertz CT molecular complexity index is 1150. The molecule has 192 valence electrons. The number of esters is 1. The van der Waals surface area contributed by atoms with E-state index in [1.807, 2.05) is 34.6 Å². The highest BCUT2D eigenvalue weighted by Gasteiger charge is 2.82. The van der Waals surface area contributed by atoms with Crippen molar-refractivity contribution in [1.82, 2.24) is 0 Å². The topological polar surface area (TPSA) is 113 Å². The molecule has 7 atom stereocenters. The summed E-state index contributed by atoms with van der Waals surface area (Å²) in [5, 5.41) is 23.0. The van der Waals surface area contributed by atoms with Crippen molar-refractivity contribution in [1.29, 1.82) is 0 Å². The van der Waals surface area contributed by atoms with Crippen molar-refractivity contribution < 1.29 is 43.4 Å². The van der Waals surface area contributed by atoms with E-state index >= 15 is 0 Å². The van der Waals surface area contributed by atoms with Gasteiger partial charge in [0.15, 0.2) is 0 Å². The minimum absolute atomic E-state index is 0.182. The molecular formula is C26H34O9. The van der Waals surface area contributed by atoms with E-state index in [4.69, 9.17) is 28.4 Å². The normalized spacial score (nSPS) is 44.5.